The summed E-state index contributed by atoms with van der Waals surface area (Å²) in [5.74, 6) is 1.50. The summed E-state index contributed by atoms with van der Waals surface area (Å²) < 4.78 is 15.1. The van der Waals surface area contributed by atoms with Crippen LogP contribution >= 0.6 is 15.9 Å². The summed E-state index contributed by atoms with van der Waals surface area (Å²) >= 11 is 3.47. The lowest BCUT2D eigenvalue weighted by atomic mass is 10.1. The summed E-state index contributed by atoms with van der Waals surface area (Å²) in [6.45, 7) is 0.686. The first-order chi connectivity index (χ1) is 16.0. The van der Waals surface area contributed by atoms with Crippen molar-refractivity contribution in [1.29, 1.82) is 0 Å². The molecule has 2 aromatic heterocycles. The molecule has 2 N–H and O–H groups in total. The number of hydrogen-bond donors (Lipinski definition) is 2. The van der Waals surface area contributed by atoms with Crippen LogP contribution < -0.4 is 9.47 Å². The van der Waals surface area contributed by atoms with Gasteiger partial charge >= 0.3 is 0 Å². The zero-order valence-electron chi connectivity index (χ0n) is 18.6. The number of aliphatic hydroxyl groups excluding tert-OH is 2. The van der Waals surface area contributed by atoms with E-state index in [1.165, 1.54) is 0 Å². The maximum absolute atomic E-state index is 8.66. The van der Waals surface area contributed by atoms with Crippen molar-refractivity contribution in [2.45, 2.75) is 0 Å². The number of ether oxygens (including phenoxy) is 2. The van der Waals surface area contributed by atoms with Crippen molar-refractivity contribution < 1.29 is 19.7 Å². The van der Waals surface area contributed by atoms with E-state index in [9.17, 15) is 0 Å². The highest BCUT2D eigenvalue weighted by molar-refractivity contribution is 9.10. The van der Waals surface area contributed by atoms with Gasteiger partial charge in [-0.2, -0.15) is 10.2 Å². The van der Waals surface area contributed by atoms with Gasteiger partial charge in [-0.1, -0.05) is 0 Å². The van der Waals surface area contributed by atoms with Crippen LogP contribution in [0.3, 0.4) is 0 Å². The molecule has 0 unspecified atom stereocenters. The second kappa shape index (κ2) is 12.2. The second-order valence-corrected chi connectivity index (χ2v) is 7.92. The van der Waals surface area contributed by atoms with Crippen LogP contribution in [-0.2, 0) is 14.1 Å². The summed E-state index contributed by atoms with van der Waals surface area (Å²) in [7, 11) is 3.77. The smallest absolute Gasteiger partial charge is 0.119 e. The second-order valence-electron chi connectivity index (χ2n) is 7.07. The van der Waals surface area contributed by atoms with E-state index in [4.69, 9.17) is 19.7 Å². The molecule has 0 saturated heterocycles. The molecule has 4 rings (SSSR count). The van der Waals surface area contributed by atoms with Gasteiger partial charge in [0.05, 0.1) is 23.4 Å². The van der Waals surface area contributed by atoms with Gasteiger partial charge in [0, 0.05) is 37.6 Å². The van der Waals surface area contributed by atoms with Crippen molar-refractivity contribution in [3.63, 3.8) is 0 Å². The number of aromatic nitrogens is 4. The van der Waals surface area contributed by atoms with Crippen LogP contribution in [0.4, 0.5) is 0 Å². The van der Waals surface area contributed by atoms with E-state index in [1.54, 1.807) is 9.36 Å². The molecule has 174 valence electrons. The average Bonchev–Trinajstić information content (AvgIpc) is 3.41. The third-order valence-corrected chi connectivity index (χ3v) is 5.08. The summed E-state index contributed by atoms with van der Waals surface area (Å²) in [5, 5.41) is 26.0. The summed E-state index contributed by atoms with van der Waals surface area (Å²) in [4.78, 5) is 0. The number of halogens is 1. The largest absolute Gasteiger partial charge is 0.491 e. The summed E-state index contributed by atoms with van der Waals surface area (Å²) in [6, 6.07) is 17.2. The third kappa shape index (κ3) is 7.18. The molecule has 0 atom stereocenters. The zero-order valence-corrected chi connectivity index (χ0v) is 20.1. The molecule has 2 heterocycles. The highest BCUT2D eigenvalue weighted by Crippen LogP contribution is 2.27. The molecule has 0 spiro atoms. The van der Waals surface area contributed by atoms with Crippen LogP contribution in [0.15, 0.2) is 71.5 Å². The van der Waals surface area contributed by atoms with E-state index in [2.05, 4.69) is 26.1 Å². The molecule has 0 bridgehead atoms. The number of benzene rings is 2. The normalized spacial score (nSPS) is 10.5. The van der Waals surface area contributed by atoms with Crippen molar-refractivity contribution in [1.82, 2.24) is 19.6 Å². The Bertz CT molecular complexity index is 1120. The van der Waals surface area contributed by atoms with Crippen LogP contribution in [0, 0.1) is 0 Å². The maximum atomic E-state index is 8.66. The zero-order chi connectivity index (χ0) is 23.6. The molecule has 0 radical (unpaired) electrons. The molecular weight excluding hydrogens is 488 g/mol. The van der Waals surface area contributed by atoms with E-state index >= 15 is 0 Å². The van der Waals surface area contributed by atoms with Gasteiger partial charge in [0.15, 0.2) is 0 Å². The molecule has 0 saturated carbocycles. The van der Waals surface area contributed by atoms with Gasteiger partial charge < -0.3 is 19.7 Å². The molecular formula is C24H27BrN4O4. The van der Waals surface area contributed by atoms with Gasteiger partial charge in [0.1, 0.15) is 30.4 Å². The molecule has 0 aliphatic carbocycles. The van der Waals surface area contributed by atoms with Crippen LogP contribution in [0.2, 0.25) is 0 Å². The number of hydrogen-bond acceptors (Lipinski definition) is 6. The maximum Gasteiger partial charge on any atom is 0.119 e. The molecule has 4 aromatic rings. The van der Waals surface area contributed by atoms with E-state index in [0.717, 1.165) is 38.5 Å². The van der Waals surface area contributed by atoms with Gasteiger partial charge in [0.25, 0.3) is 0 Å². The summed E-state index contributed by atoms with van der Waals surface area (Å²) in [5.41, 5.74) is 3.92. The monoisotopic (exact) mass is 514 g/mol. The van der Waals surface area contributed by atoms with Gasteiger partial charge in [-0.15, -0.1) is 0 Å². The lowest BCUT2D eigenvalue weighted by molar-refractivity contribution is 0.201. The molecule has 2 aromatic carbocycles. The van der Waals surface area contributed by atoms with E-state index in [1.807, 2.05) is 81.1 Å². The molecule has 33 heavy (non-hydrogen) atoms. The Morgan fingerprint density at radius 2 is 1.30 bits per heavy atom. The minimum atomic E-state index is 0.0214. The first-order valence-corrected chi connectivity index (χ1v) is 11.2. The Hall–Kier alpha value is -3.14. The number of rotatable bonds is 8. The fourth-order valence-electron chi connectivity index (χ4n) is 2.98. The molecule has 8 nitrogen and oxygen atoms in total. The van der Waals surface area contributed by atoms with Crippen LogP contribution in [0.5, 0.6) is 11.5 Å². The lowest BCUT2D eigenvalue weighted by Crippen LogP contribution is -2.01. The molecule has 9 heteroatoms. The Labute approximate surface area is 201 Å². The fourth-order valence-corrected chi connectivity index (χ4v) is 3.59. The predicted molar refractivity (Wildman–Crippen MR) is 130 cm³/mol. The lowest BCUT2D eigenvalue weighted by Gasteiger charge is -2.04. The quantitative estimate of drug-likeness (QED) is 0.372. The standard InChI is InChI=1S/C12H13BrN2O2.C12H14N2O2/c1-15-8-11(13)12(14-15)9-2-4-10(5-3-9)17-7-6-16;1-14-7-6-12(13-14)10-2-4-11(5-3-10)16-9-8-15/h2-5,8,16H,6-7H2,1H3;2-7,15H,8-9H2,1H3. The Kier molecular flexibility index (Phi) is 9.05. The highest BCUT2D eigenvalue weighted by atomic mass is 79.9. The minimum Gasteiger partial charge on any atom is -0.491 e. The number of nitrogens with zero attached hydrogens (tertiary/aromatic N) is 4. The van der Waals surface area contributed by atoms with Crippen molar-refractivity contribution in [2.75, 3.05) is 26.4 Å². The Balaban J connectivity index is 0.000000186. The van der Waals surface area contributed by atoms with Crippen molar-refractivity contribution in [3.05, 3.63) is 71.5 Å². The van der Waals surface area contributed by atoms with E-state index < -0.39 is 0 Å². The van der Waals surface area contributed by atoms with Crippen LogP contribution in [-0.4, -0.2) is 56.2 Å². The SMILES string of the molecule is Cn1cc(Br)c(-c2ccc(OCCO)cc2)n1.Cn1ccc(-c2ccc(OCCO)cc2)n1. The van der Waals surface area contributed by atoms with Crippen LogP contribution in [0.1, 0.15) is 0 Å². The van der Waals surface area contributed by atoms with E-state index in [-0.39, 0.29) is 13.2 Å². The predicted octanol–water partition coefficient (Wildman–Crippen LogP) is 3.68. The van der Waals surface area contributed by atoms with Crippen molar-refractivity contribution in [3.8, 4) is 34.0 Å². The Morgan fingerprint density at radius 1 is 0.758 bits per heavy atom. The van der Waals surface area contributed by atoms with Crippen LogP contribution in [0.25, 0.3) is 22.5 Å². The van der Waals surface area contributed by atoms with Gasteiger partial charge in [-0.3, -0.25) is 9.36 Å². The van der Waals surface area contributed by atoms with Gasteiger partial charge in [0.2, 0.25) is 0 Å². The molecule has 0 amide bonds. The van der Waals surface area contributed by atoms with Gasteiger partial charge in [-0.05, 0) is 70.5 Å². The number of aliphatic hydroxyl groups is 2. The molecule has 0 aliphatic rings. The topological polar surface area (TPSA) is 94.6 Å². The first-order valence-electron chi connectivity index (χ1n) is 10.4. The summed E-state index contributed by atoms with van der Waals surface area (Å²) in [6.07, 6.45) is 3.82. The highest BCUT2D eigenvalue weighted by Gasteiger charge is 2.07. The minimum absolute atomic E-state index is 0.0214. The number of aryl methyl sites for hydroxylation is 2. The van der Waals surface area contributed by atoms with Crippen molar-refractivity contribution in [2.24, 2.45) is 14.1 Å². The van der Waals surface area contributed by atoms with Gasteiger partial charge in [-0.25, -0.2) is 0 Å². The van der Waals surface area contributed by atoms with E-state index in [0.29, 0.717) is 13.2 Å². The average molecular weight is 515 g/mol. The molecule has 0 fully saturated rings. The fraction of sp³-hybridized carbons (Fsp3) is 0.250. The Morgan fingerprint density at radius 3 is 1.73 bits per heavy atom. The van der Waals surface area contributed by atoms with Crippen molar-refractivity contribution >= 4 is 15.9 Å². The molecule has 0 aliphatic heterocycles. The first kappa shape index (κ1) is 24.5. The third-order valence-electron chi connectivity index (χ3n) is 4.50.